The Kier molecular flexibility index (Phi) is 9.00. The standard InChI is InChI=1S/C31H37N3O4S/c1-6-9-21-10-7-12-23(16-21)29-28-24(20-34(27(28)14-15-35)39(37)31(2,3)4)18-26(33-29)30(36)32-19-22-11-8-13-25(17-22)38-5/h6-13,16-18,27,35H,14-15,19-20H2,1-5H3,(H,32,36)/b9-6+/t27-,39-/m0/s1. The van der Waals surface area contributed by atoms with Gasteiger partial charge in [0.15, 0.2) is 0 Å². The molecular formula is C31H37N3O4S. The van der Waals surface area contributed by atoms with Gasteiger partial charge in [-0.15, -0.1) is 0 Å². The maximum absolute atomic E-state index is 13.6. The lowest BCUT2D eigenvalue weighted by molar-refractivity contribution is 0.0946. The van der Waals surface area contributed by atoms with Crippen LogP contribution in [0, 0.1) is 0 Å². The molecule has 0 fully saturated rings. The van der Waals surface area contributed by atoms with E-state index in [1.165, 1.54) is 0 Å². The molecule has 206 valence electrons. The van der Waals surface area contributed by atoms with Crippen LogP contribution in [0.3, 0.4) is 0 Å². The molecule has 2 heterocycles. The van der Waals surface area contributed by atoms with E-state index in [2.05, 4.69) is 5.32 Å². The van der Waals surface area contributed by atoms with E-state index in [9.17, 15) is 14.1 Å². The molecule has 2 N–H and O–H groups in total. The van der Waals surface area contributed by atoms with Gasteiger partial charge in [0.2, 0.25) is 0 Å². The summed E-state index contributed by atoms with van der Waals surface area (Å²) in [4.78, 5) is 18.3. The summed E-state index contributed by atoms with van der Waals surface area (Å²) in [5.74, 6) is 0.433. The molecule has 2 aromatic carbocycles. The van der Waals surface area contributed by atoms with Crippen LogP contribution in [0.1, 0.15) is 72.9 Å². The minimum Gasteiger partial charge on any atom is -0.497 e. The molecule has 1 amide bonds. The molecule has 2 atom stereocenters. The van der Waals surface area contributed by atoms with Crippen LogP contribution in [0.15, 0.2) is 60.7 Å². The molecule has 0 saturated heterocycles. The topological polar surface area (TPSA) is 91.8 Å². The van der Waals surface area contributed by atoms with Crippen molar-refractivity contribution >= 4 is 23.0 Å². The molecule has 1 aliphatic heterocycles. The first-order chi connectivity index (χ1) is 18.7. The lowest BCUT2D eigenvalue weighted by Gasteiger charge is -2.30. The molecule has 0 bridgehead atoms. The normalized spacial score (nSPS) is 16.3. The third-order valence-electron chi connectivity index (χ3n) is 6.63. The van der Waals surface area contributed by atoms with Crippen molar-refractivity contribution in [3.63, 3.8) is 0 Å². The number of rotatable bonds is 9. The largest absolute Gasteiger partial charge is 0.497 e. The summed E-state index contributed by atoms with van der Waals surface area (Å²) in [6.07, 6.45) is 4.40. The third-order valence-corrected chi connectivity index (χ3v) is 8.49. The maximum Gasteiger partial charge on any atom is 0.270 e. The minimum atomic E-state index is -1.32. The van der Waals surface area contributed by atoms with Crippen LogP contribution in [-0.2, 0) is 24.1 Å². The Bertz CT molecular complexity index is 1400. The minimum absolute atomic E-state index is 0.0528. The Labute approximate surface area is 233 Å². The second-order valence-corrected chi connectivity index (χ2v) is 12.7. The van der Waals surface area contributed by atoms with Crippen molar-refractivity contribution in [3.05, 3.63) is 88.6 Å². The van der Waals surface area contributed by atoms with Gasteiger partial charge in [0.1, 0.15) is 22.4 Å². The van der Waals surface area contributed by atoms with Crippen LogP contribution in [0.25, 0.3) is 17.3 Å². The average molecular weight is 548 g/mol. The molecule has 39 heavy (non-hydrogen) atoms. The third kappa shape index (κ3) is 6.46. The smallest absolute Gasteiger partial charge is 0.270 e. The number of aliphatic hydroxyl groups is 1. The molecule has 1 aliphatic rings. The second-order valence-electron chi connectivity index (χ2n) is 10.6. The summed E-state index contributed by atoms with van der Waals surface area (Å²) in [5.41, 5.74) is 5.60. The number of carbonyl (C=O) groups is 1. The van der Waals surface area contributed by atoms with Gasteiger partial charge >= 0.3 is 0 Å². The van der Waals surface area contributed by atoms with Crippen molar-refractivity contribution in [2.45, 2.75) is 58.0 Å². The van der Waals surface area contributed by atoms with Gasteiger partial charge in [0.05, 0.1) is 23.6 Å². The summed E-state index contributed by atoms with van der Waals surface area (Å²) in [7, 11) is 0.290. The first-order valence-corrected chi connectivity index (χ1v) is 14.2. The van der Waals surface area contributed by atoms with Gasteiger partial charge in [-0.25, -0.2) is 13.5 Å². The number of allylic oxidation sites excluding steroid dienone is 1. The summed E-state index contributed by atoms with van der Waals surface area (Å²) in [6, 6.07) is 17.1. The molecule has 0 saturated carbocycles. The Balaban J connectivity index is 1.78. The quantitative estimate of drug-likeness (QED) is 0.373. The van der Waals surface area contributed by atoms with E-state index in [1.54, 1.807) is 13.2 Å². The van der Waals surface area contributed by atoms with E-state index in [-0.39, 0.29) is 18.6 Å². The number of amides is 1. The molecule has 1 aromatic heterocycles. The number of nitrogens with one attached hydrogen (secondary N) is 1. The number of hydrogen-bond donors (Lipinski definition) is 2. The number of hydrogen-bond acceptors (Lipinski definition) is 5. The van der Waals surface area contributed by atoms with E-state index in [4.69, 9.17) is 9.72 Å². The Hall–Kier alpha value is -3.33. The molecule has 0 unspecified atom stereocenters. The van der Waals surface area contributed by atoms with E-state index in [0.717, 1.165) is 33.6 Å². The highest BCUT2D eigenvalue weighted by atomic mass is 32.2. The number of nitrogens with zero attached hydrogens (tertiary/aromatic N) is 2. The van der Waals surface area contributed by atoms with Crippen molar-refractivity contribution in [1.82, 2.24) is 14.6 Å². The fourth-order valence-corrected chi connectivity index (χ4v) is 6.24. The zero-order chi connectivity index (χ0) is 28.2. The van der Waals surface area contributed by atoms with Gasteiger partial charge in [0, 0.05) is 30.8 Å². The number of aliphatic hydroxyl groups excluding tert-OH is 1. The fourth-order valence-electron chi connectivity index (χ4n) is 4.84. The number of methoxy groups -OCH3 is 1. The summed E-state index contributed by atoms with van der Waals surface area (Å²) in [6.45, 7) is 8.48. The SMILES string of the molecule is C/C=C/c1cccc(-c2nc(C(=O)NCc3cccc(OC)c3)cc3c2[C@H](CCO)N([S@@](=O)C(C)(C)C)C3)c1. The number of benzene rings is 2. The van der Waals surface area contributed by atoms with Crippen LogP contribution >= 0.6 is 0 Å². The first-order valence-electron chi connectivity index (χ1n) is 13.1. The highest BCUT2D eigenvalue weighted by molar-refractivity contribution is 7.84. The van der Waals surface area contributed by atoms with E-state index in [0.29, 0.717) is 30.9 Å². The van der Waals surface area contributed by atoms with Crippen LogP contribution in [-0.4, -0.2) is 43.0 Å². The molecule has 8 heteroatoms. The number of pyridine rings is 1. The molecule has 4 rings (SSSR count). The maximum atomic E-state index is 13.6. The Morgan fingerprint density at radius 1 is 1.21 bits per heavy atom. The van der Waals surface area contributed by atoms with E-state index in [1.807, 2.05) is 92.7 Å². The van der Waals surface area contributed by atoms with E-state index >= 15 is 0 Å². The van der Waals surface area contributed by atoms with Crippen molar-refractivity contribution in [2.24, 2.45) is 0 Å². The predicted molar refractivity (Wildman–Crippen MR) is 156 cm³/mol. The van der Waals surface area contributed by atoms with Gasteiger partial charge in [-0.3, -0.25) is 4.79 Å². The molecule has 0 radical (unpaired) electrons. The fraction of sp³-hybridized carbons (Fsp3) is 0.355. The summed E-state index contributed by atoms with van der Waals surface area (Å²) in [5, 5.41) is 12.9. The average Bonchev–Trinajstić information content (AvgIpc) is 3.29. The van der Waals surface area contributed by atoms with Crippen molar-refractivity contribution in [2.75, 3.05) is 13.7 Å². The second kappa shape index (κ2) is 12.2. The lowest BCUT2D eigenvalue weighted by Crippen LogP contribution is -2.36. The van der Waals surface area contributed by atoms with Crippen molar-refractivity contribution < 1.29 is 18.8 Å². The highest BCUT2D eigenvalue weighted by Crippen LogP contribution is 2.44. The van der Waals surface area contributed by atoms with Crippen LogP contribution in [0.4, 0.5) is 0 Å². The first kappa shape index (κ1) is 28.7. The predicted octanol–water partition coefficient (Wildman–Crippen LogP) is 5.42. The number of carbonyl (C=O) groups excluding carboxylic acids is 1. The molecule has 0 aliphatic carbocycles. The van der Waals surface area contributed by atoms with Gasteiger partial charge in [-0.2, -0.15) is 0 Å². The summed E-state index contributed by atoms with van der Waals surface area (Å²) >= 11 is 0. The van der Waals surface area contributed by atoms with Gasteiger partial charge in [0.25, 0.3) is 5.91 Å². The summed E-state index contributed by atoms with van der Waals surface area (Å²) < 4.78 is 20.3. The zero-order valence-corrected chi connectivity index (χ0v) is 24.0. The van der Waals surface area contributed by atoms with E-state index < -0.39 is 15.7 Å². The number of fused-ring (bicyclic) bond motifs is 1. The van der Waals surface area contributed by atoms with Crippen LogP contribution in [0.5, 0.6) is 5.75 Å². The highest BCUT2D eigenvalue weighted by Gasteiger charge is 2.40. The molecule has 7 nitrogen and oxygen atoms in total. The van der Waals surface area contributed by atoms with Crippen molar-refractivity contribution in [3.8, 4) is 17.0 Å². The van der Waals surface area contributed by atoms with Crippen LogP contribution in [0.2, 0.25) is 0 Å². The van der Waals surface area contributed by atoms with Crippen molar-refractivity contribution in [1.29, 1.82) is 0 Å². The van der Waals surface area contributed by atoms with Gasteiger partial charge < -0.3 is 15.2 Å². The molecule has 3 aromatic rings. The number of aromatic nitrogens is 1. The lowest BCUT2D eigenvalue weighted by atomic mass is 9.95. The zero-order valence-electron chi connectivity index (χ0n) is 23.2. The Morgan fingerprint density at radius 3 is 2.67 bits per heavy atom. The monoisotopic (exact) mass is 547 g/mol. The molecular weight excluding hydrogens is 510 g/mol. The van der Waals surface area contributed by atoms with Gasteiger partial charge in [-0.1, -0.05) is 42.5 Å². The number of ether oxygens (including phenoxy) is 1. The van der Waals surface area contributed by atoms with Gasteiger partial charge in [-0.05, 0) is 75.1 Å². The van der Waals surface area contributed by atoms with Crippen LogP contribution < -0.4 is 10.1 Å². The Morgan fingerprint density at radius 2 is 1.97 bits per heavy atom. The molecule has 0 spiro atoms.